The van der Waals surface area contributed by atoms with Crippen molar-refractivity contribution in [2.45, 2.75) is 25.8 Å². The number of carbonyl (C=O) groups excluding carboxylic acids is 1. The van der Waals surface area contributed by atoms with Gasteiger partial charge in [0.25, 0.3) is 5.91 Å². The topological polar surface area (TPSA) is 57.6 Å². The number of carboxylic acids is 1. The molecule has 1 aliphatic carbocycles. The molecule has 2 rings (SSSR count). The van der Waals surface area contributed by atoms with Crippen LogP contribution in [-0.4, -0.2) is 35.0 Å². The van der Waals surface area contributed by atoms with Crippen molar-refractivity contribution in [1.82, 2.24) is 4.90 Å². The lowest BCUT2D eigenvalue weighted by molar-refractivity contribution is -0.146. The Morgan fingerprint density at radius 1 is 1.37 bits per heavy atom. The van der Waals surface area contributed by atoms with Crippen LogP contribution in [0, 0.1) is 12.8 Å². The van der Waals surface area contributed by atoms with E-state index >= 15 is 0 Å². The maximum Gasteiger partial charge on any atom is 0.306 e. The molecular formula is C14H16ClNO3. The van der Waals surface area contributed by atoms with E-state index in [1.165, 1.54) is 0 Å². The lowest BCUT2D eigenvalue weighted by Crippen LogP contribution is -2.47. The number of carboxylic acid groups (broad SMARTS) is 1. The number of aliphatic carboxylic acids is 1. The molecule has 1 fully saturated rings. The molecule has 1 aliphatic rings. The molecule has 0 spiro atoms. The molecule has 0 saturated heterocycles. The van der Waals surface area contributed by atoms with Crippen LogP contribution in [0.25, 0.3) is 0 Å². The van der Waals surface area contributed by atoms with Crippen molar-refractivity contribution >= 4 is 23.5 Å². The van der Waals surface area contributed by atoms with E-state index in [2.05, 4.69) is 0 Å². The molecule has 4 nitrogen and oxygen atoms in total. The van der Waals surface area contributed by atoms with Gasteiger partial charge in [0.15, 0.2) is 0 Å². The van der Waals surface area contributed by atoms with Crippen molar-refractivity contribution in [2.75, 3.05) is 7.05 Å². The Kier molecular flexibility index (Phi) is 3.80. The molecule has 0 atom stereocenters. The van der Waals surface area contributed by atoms with Crippen molar-refractivity contribution in [1.29, 1.82) is 0 Å². The van der Waals surface area contributed by atoms with Crippen LogP contribution in [0.5, 0.6) is 0 Å². The second-order valence-electron chi connectivity index (χ2n) is 5.01. The molecule has 0 aliphatic heterocycles. The summed E-state index contributed by atoms with van der Waals surface area (Å²) in [5.74, 6) is -1.26. The minimum atomic E-state index is -0.786. The fourth-order valence-electron chi connectivity index (χ4n) is 2.27. The predicted molar refractivity (Wildman–Crippen MR) is 72.4 cm³/mol. The molecule has 102 valence electrons. The highest BCUT2D eigenvalue weighted by molar-refractivity contribution is 6.34. The highest BCUT2D eigenvalue weighted by atomic mass is 35.5. The Balaban J connectivity index is 2.08. The number of halogens is 1. The zero-order valence-corrected chi connectivity index (χ0v) is 11.6. The smallest absolute Gasteiger partial charge is 0.306 e. The Morgan fingerprint density at radius 2 is 2.00 bits per heavy atom. The van der Waals surface area contributed by atoms with Gasteiger partial charge in [-0.05, 0) is 31.4 Å². The molecule has 0 unspecified atom stereocenters. The number of hydrogen-bond acceptors (Lipinski definition) is 2. The van der Waals surface area contributed by atoms with Gasteiger partial charge in [-0.15, -0.1) is 0 Å². The predicted octanol–water partition coefficient (Wildman–Crippen LogP) is 2.58. The number of carbonyl (C=O) groups is 2. The first kappa shape index (κ1) is 13.9. The second-order valence-corrected chi connectivity index (χ2v) is 5.39. The van der Waals surface area contributed by atoms with Crippen LogP contribution in [0.4, 0.5) is 0 Å². The van der Waals surface area contributed by atoms with E-state index in [1.54, 1.807) is 24.1 Å². The molecule has 5 heteroatoms. The monoisotopic (exact) mass is 281 g/mol. The summed E-state index contributed by atoms with van der Waals surface area (Å²) in [5, 5.41) is 9.31. The Bertz CT molecular complexity index is 523. The van der Waals surface area contributed by atoms with Gasteiger partial charge in [-0.1, -0.05) is 23.7 Å². The average Bonchev–Trinajstić information content (AvgIpc) is 2.29. The summed E-state index contributed by atoms with van der Waals surface area (Å²) in [5.41, 5.74) is 1.33. The average molecular weight is 282 g/mol. The molecule has 1 amide bonds. The zero-order valence-electron chi connectivity index (χ0n) is 10.9. The lowest BCUT2D eigenvalue weighted by Gasteiger charge is -2.39. The third-order valence-corrected chi connectivity index (χ3v) is 4.25. The first-order chi connectivity index (χ1) is 8.91. The van der Waals surface area contributed by atoms with E-state index in [-0.39, 0.29) is 17.9 Å². The maximum absolute atomic E-state index is 12.3. The van der Waals surface area contributed by atoms with E-state index < -0.39 is 5.97 Å². The first-order valence-electron chi connectivity index (χ1n) is 6.17. The van der Waals surface area contributed by atoms with Crippen molar-refractivity contribution in [3.63, 3.8) is 0 Å². The Labute approximate surface area is 117 Å². The van der Waals surface area contributed by atoms with E-state index in [9.17, 15) is 9.59 Å². The van der Waals surface area contributed by atoms with Gasteiger partial charge in [-0.25, -0.2) is 0 Å². The number of nitrogens with zero attached hydrogens (tertiary/aromatic N) is 1. The standard InChI is InChI=1S/C14H16ClNO3/c1-8-4-3-5-11(12(8)15)13(17)16(2)10-6-9(7-10)14(18)19/h3-5,9-10H,6-7H2,1-2H3,(H,18,19). The van der Waals surface area contributed by atoms with E-state index in [1.807, 2.05) is 13.0 Å². The van der Waals surface area contributed by atoms with Gasteiger partial charge < -0.3 is 10.0 Å². The first-order valence-corrected chi connectivity index (χ1v) is 6.54. The summed E-state index contributed by atoms with van der Waals surface area (Å²) in [6.45, 7) is 1.85. The van der Waals surface area contributed by atoms with Crippen molar-refractivity contribution < 1.29 is 14.7 Å². The van der Waals surface area contributed by atoms with Crippen LogP contribution in [-0.2, 0) is 4.79 Å². The van der Waals surface area contributed by atoms with Crippen LogP contribution in [0.1, 0.15) is 28.8 Å². The van der Waals surface area contributed by atoms with Crippen molar-refractivity contribution in [3.8, 4) is 0 Å². The summed E-state index contributed by atoms with van der Waals surface area (Å²) in [4.78, 5) is 24.7. The molecule has 0 bridgehead atoms. The quantitative estimate of drug-likeness (QED) is 0.926. The minimum absolute atomic E-state index is 0.00909. The number of aryl methyl sites for hydroxylation is 1. The third kappa shape index (κ3) is 2.59. The van der Waals surface area contributed by atoms with Crippen LogP contribution >= 0.6 is 11.6 Å². The fraction of sp³-hybridized carbons (Fsp3) is 0.429. The van der Waals surface area contributed by atoms with E-state index in [0.29, 0.717) is 23.4 Å². The normalized spacial score (nSPS) is 21.6. The fourth-order valence-corrected chi connectivity index (χ4v) is 2.48. The lowest BCUT2D eigenvalue weighted by atomic mass is 9.79. The van der Waals surface area contributed by atoms with Crippen LogP contribution < -0.4 is 0 Å². The maximum atomic E-state index is 12.3. The summed E-state index contributed by atoms with van der Waals surface area (Å²) < 4.78 is 0. The van der Waals surface area contributed by atoms with Gasteiger partial charge in [-0.3, -0.25) is 9.59 Å². The SMILES string of the molecule is Cc1cccc(C(=O)N(C)C2CC(C(=O)O)C2)c1Cl. The molecule has 0 heterocycles. The highest BCUT2D eigenvalue weighted by Crippen LogP contribution is 2.32. The molecule has 1 N–H and O–H groups in total. The van der Waals surface area contributed by atoms with Crippen molar-refractivity contribution in [3.05, 3.63) is 34.3 Å². The van der Waals surface area contributed by atoms with Crippen LogP contribution in [0.2, 0.25) is 5.02 Å². The molecule has 0 aromatic heterocycles. The third-order valence-electron chi connectivity index (χ3n) is 3.75. The molecule has 1 aromatic carbocycles. The Hall–Kier alpha value is -1.55. The minimum Gasteiger partial charge on any atom is -0.481 e. The second kappa shape index (κ2) is 5.21. The number of hydrogen-bond donors (Lipinski definition) is 1. The van der Waals surface area contributed by atoms with E-state index in [0.717, 1.165) is 5.56 Å². The van der Waals surface area contributed by atoms with E-state index in [4.69, 9.17) is 16.7 Å². The number of amides is 1. The van der Waals surface area contributed by atoms with Gasteiger partial charge in [0.2, 0.25) is 0 Å². The molecular weight excluding hydrogens is 266 g/mol. The molecule has 1 saturated carbocycles. The molecule has 0 radical (unpaired) electrons. The highest BCUT2D eigenvalue weighted by Gasteiger charge is 2.38. The van der Waals surface area contributed by atoms with Crippen LogP contribution in [0.15, 0.2) is 18.2 Å². The van der Waals surface area contributed by atoms with Crippen LogP contribution in [0.3, 0.4) is 0 Å². The van der Waals surface area contributed by atoms with Gasteiger partial charge in [0.1, 0.15) is 0 Å². The summed E-state index contributed by atoms with van der Waals surface area (Å²) in [6.07, 6.45) is 1.03. The van der Waals surface area contributed by atoms with Gasteiger partial charge in [0.05, 0.1) is 16.5 Å². The number of benzene rings is 1. The molecule has 1 aromatic rings. The summed E-state index contributed by atoms with van der Waals surface area (Å²) in [6, 6.07) is 5.33. The summed E-state index contributed by atoms with van der Waals surface area (Å²) >= 11 is 6.14. The van der Waals surface area contributed by atoms with Gasteiger partial charge in [0, 0.05) is 13.1 Å². The Morgan fingerprint density at radius 3 is 2.58 bits per heavy atom. The van der Waals surface area contributed by atoms with Crippen molar-refractivity contribution in [2.24, 2.45) is 5.92 Å². The van der Waals surface area contributed by atoms with Gasteiger partial charge >= 0.3 is 5.97 Å². The zero-order chi connectivity index (χ0) is 14.2. The molecule has 19 heavy (non-hydrogen) atoms. The summed E-state index contributed by atoms with van der Waals surface area (Å²) in [7, 11) is 1.70. The largest absolute Gasteiger partial charge is 0.481 e. The number of rotatable bonds is 3. The van der Waals surface area contributed by atoms with Gasteiger partial charge in [-0.2, -0.15) is 0 Å².